The molecule has 1 unspecified atom stereocenters. The van der Waals surface area contributed by atoms with E-state index in [2.05, 4.69) is 42.5 Å². The van der Waals surface area contributed by atoms with Crippen molar-refractivity contribution in [3.8, 4) is 0 Å². The highest BCUT2D eigenvalue weighted by atomic mass is 32.1. The summed E-state index contributed by atoms with van der Waals surface area (Å²) in [5.41, 5.74) is 3.89. The van der Waals surface area contributed by atoms with Crippen molar-refractivity contribution in [2.75, 3.05) is 7.05 Å². The first-order valence-corrected chi connectivity index (χ1v) is 6.78. The Morgan fingerprint density at radius 2 is 2.22 bits per heavy atom. The Labute approximate surface area is 114 Å². The molecule has 1 aliphatic rings. The third-order valence-corrected chi connectivity index (χ3v) is 4.06. The number of fused-ring (bicyclic) bond motifs is 1. The van der Waals surface area contributed by atoms with Crippen molar-refractivity contribution < 1.29 is 0 Å². The molecule has 1 aromatic heterocycles. The van der Waals surface area contributed by atoms with E-state index in [1.54, 1.807) is 0 Å². The van der Waals surface area contributed by atoms with Gasteiger partial charge in [-0.15, -0.1) is 0 Å². The summed E-state index contributed by atoms with van der Waals surface area (Å²) in [5.74, 6) is 0. The van der Waals surface area contributed by atoms with Crippen LogP contribution < -0.4 is 10.6 Å². The molecule has 1 aliphatic carbocycles. The topological polar surface area (TPSA) is 37.0 Å². The van der Waals surface area contributed by atoms with Gasteiger partial charge in [-0.3, -0.25) is 4.98 Å². The molecule has 0 amide bonds. The molecule has 0 aliphatic heterocycles. The van der Waals surface area contributed by atoms with Gasteiger partial charge in [0, 0.05) is 13.2 Å². The van der Waals surface area contributed by atoms with Crippen LogP contribution in [0.4, 0.5) is 0 Å². The summed E-state index contributed by atoms with van der Waals surface area (Å²) in [6.07, 6.45) is 4.19. The summed E-state index contributed by atoms with van der Waals surface area (Å²) in [4.78, 5) is 4.63. The zero-order valence-corrected chi connectivity index (χ0v) is 12.3. The van der Waals surface area contributed by atoms with Crippen molar-refractivity contribution in [1.29, 1.82) is 0 Å². The Hall–Kier alpha value is -1.16. The number of aromatic nitrogens is 1. The maximum atomic E-state index is 5.24. The largest absolute Gasteiger partial charge is 0.366 e. The van der Waals surface area contributed by atoms with Gasteiger partial charge in [0.2, 0.25) is 0 Å². The maximum Gasteiger partial charge on any atom is 0.166 e. The molecule has 0 aromatic carbocycles. The van der Waals surface area contributed by atoms with Crippen LogP contribution in [0.1, 0.15) is 43.1 Å². The number of thiocarbonyl (C=S) groups is 1. The van der Waals surface area contributed by atoms with Crippen molar-refractivity contribution >= 4 is 17.3 Å². The smallest absolute Gasteiger partial charge is 0.166 e. The summed E-state index contributed by atoms with van der Waals surface area (Å²) in [6, 6.07) is 2.43. The quantitative estimate of drug-likeness (QED) is 0.763. The molecule has 1 heterocycles. The lowest BCUT2D eigenvalue weighted by Crippen LogP contribution is -2.44. The van der Waals surface area contributed by atoms with Crippen molar-refractivity contribution in [3.63, 3.8) is 0 Å². The van der Waals surface area contributed by atoms with Gasteiger partial charge in [-0.1, -0.05) is 19.9 Å². The number of nitrogens with one attached hydrogen (secondary N) is 2. The first-order valence-electron chi connectivity index (χ1n) is 6.38. The van der Waals surface area contributed by atoms with E-state index in [9.17, 15) is 0 Å². The molecule has 2 N–H and O–H groups in total. The van der Waals surface area contributed by atoms with Gasteiger partial charge < -0.3 is 10.6 Å². The molecule has 0 spiro atoms. The van der Waals surface area contributed by atoms with Crippen molar-refractivity contribution in [2.24, 2.45) is 5.41 Å². The fourth-order valence-electron chi connectivity index (χ4n) is 2.54. The summed E-state index contributed by atoms with van der Waals surface area (Å²) in [5, 5.41) is 7.06. The Morgan fingerprint density at radius 1 is 1.50 bits per heavy atom. The van der Waals surface area contributed by atoms with Crippen LogP contribution in [0.2, 0.25) is 0 Å². The fraction of sp³-hybridized carbons (Fsp3) is 0.571. The summed E-state index contributed by atoms with van der Waals surface area (Å²) >= 11 is 5.24. The van der Waals surface area contributed by atoms with E-state index >= 15 is 0 Å². The molecule has 98 valence electrons. The molecule has 4 heteroatoms. The third-order valence-electron chi connectivity index (χ3n) is 3.73. The lowest BCUT2D eigenvalue weighted by Gasteiger charge is -2.40. The minimum absolute atomic E-state index is 0.163. The van der Waals surface area contributed by atoms with Crippen molar-refractivity contribution in [1.82, 2.24) is 15.6 Å². The molecular formula is C14H21N3S. The van der Waals surface area contributed by atoms with Crippen LogP contribution in [0, 0.1) is 12.3 Å². The van der Waals surface area contributed by atoms with Crippen LogP contribution >= 0.6 is 12.2 Å². The average Bonchev–Trinajstić information content (AvgIpc) is 2.32. The van der Waals surface area contributed by atoms with Crippen molar-refractivity contribution in [3.05, 3.63) is 29.1 Å². The second-order valence-electron chi connectivity index (χ2n) is 5.70. The van der Waals surface area contributed by atoms with Crippen molar-refractivity contribution in [2.45, 2.75) is 39.7 Å². The molecule has 0 radical (unpaired) electrons. The summed E-state index contributed by atoms with van der Waals surface area (Å²) in [6.45, 7) is 6.63. The number of nitrogens with zero attached hydrogens (tertiary/aromatic N) is 1. The van der Waals surface area contributed by atoms with Gasteiger partial charge in [0.15, 0.2) is 5.11 Å². The lowest BCUT2D eigenvalue weighted by atomic mass is 9.72. The zero-order chi connectivity index (χ0) is 13.3. The maximum absolute atomic E-state index is 5.24. The first kappa shape index (κ1) is 13.3. The zero-order valence-electron chi connectivity index (χ0n) is 11.5. The molecule has 18 heavy (non-hydrogen) atoms. The first-order chi connectivity index (χ1) is 8.44. The van der Waals surface area contributed by atoms with Crippen LogP contribution in [-0.2, 0) is 6.42 Å². The SMILES string of the molecule is CNC(=S)NC1c2ncc(C)cc2CCC1(C)C. The van der Waals surface area contributed by atoms with Crippen LogP contribution in [-0.4, -0.2) is 17.1 Å². The predicted molar refractivity (Wildman–Crippen MR) is 78.6 cm³/mol. The number of rotatable bonds is 1. The summed E-state index contributed by atoms with van der Waals surface area (Å²) in [7, 11) is 1.84. The van der Waals surface area contributed by atoms with E-state index in [1.165, 1.54) is 11.1 Å². The highest BCUT2D eigenvalue weighted by Crippen LogP contribution is 2.42. The molecule has 1 atom stereocenters. The fourth-order valence-corrected chi connectivity index (χ4v) is 2.66. The molecular weight excluding hydrogens is 242 g/mol. The standard InChI is InChI=1S/C14H21N3S/c1-9-7-10-5-6-14(2,3)12(11(10)16-8-9)17-13(18)15-4/h7-8,12H,5-6H2,1-4H3,(H2,15,17,18). The van der Waals surface area contributed by atoms with Gasteiger partial charge in [0.05, 0.1) is 11.7 Å². The molecule has 0 saturated heterocycles. The lowest BCUT2D eigenvalue weighted by molar-refractivity contribution is 0.225. The number of pyridine rings is 1. The van der Waals surface area contributed by atoms with Gasteiger partial charge in [-0.05, 0) is 48.5 Å². The number of hydrogen-bond donors (Lipinski definition) is 2. The molecule has 2 rings (SSSR count). The Morgan fingerprint density at radius 3 is 2.89 bits per heavy atom. The Bertz CT molecular complexity index is 468. The third kappa shape index (κ3) is 2.48. The minimum atomic E-state index is 0.163. The van der Waals surface area contributed by atoms with Gasteiger partial charge in [0.25, 0.3) is 0 Å². The van der Waals surface area contributed by atoms with Gasteiger partial charge in [-0.25, -0.2) is 0 Å². The number of aryl methyl sites for hydroxylation is 2. The van der Waals surface area contributed by atoms with E-state index in [0.29, 0.717) is 5.11 Å². The highest BCUT2D eigenvalue weighted by molar-refractivity contribution is 7.80. The van der Waals surface area contributed by atoms with E-state index in [0.717, 1.165) is 18.5 Å². The van der Waals surface area contributed by atoms with Gasteiger partial charge in [0.1, 0.15) is 0 Å². The average molecular weight is 263 g/mol. The molecule has 3 nitrogen and oxygen atoms in total. The molecule has 0 bridgehead atoms. The molecule has 1 aromatic rings. The van der Waals surface area contributed by atoms with Crippen LogP contribution in [0.25, 0.3) is 0 Å². The van der Waals surface area contributed by atoms with E-state index in [4.69, 9.17) is 12.2 Å². The number of hydrogen-bond acceptors (Lipinski definition) is 2. The molecule has 0 saturated carbocycles. The minimum Gasteiger partial charge on any atom is -0.366 e. The van der Waals surface area contributed by atoms with Crippen LogP contribution in [0.15, 0.2) is 12.3 Å². The Kier molecular flexibility index (Phi) is 3.57. The van der Waals surface area contributed by atoms with Crippen LogP contribution in [0.5, 0.6) is 0 Å². The predicted octanol–water partition coefficient (Wildman–Crippen LogP) is 2.50. The summed E-state index contributed by atoms with van der Waals surface area (Å²) < 4.78 is 0. The van der Waals surface area contributed by atoms with Gasteiger partial charge >= 0.3 is 0 Å². The van der Waals surface area contributed by atoms with E-state index < -0.39 is 0 Å². The highest BCUT2D eigenvalue weighted by Gasteiger charge is 2.37. The monoisotopic (exact) mass is 263 g/mol. The second-order valence-corrected chi connectivity index (χ2v) is 6.11. The van der Waals surface area contributed by atoms with Gasteiger partial charge in [-0.2, -0.15) is 0 Å². The molecule has 0 fully saturated rings. The normalized spacial score (nSPS) is 21.0. The van der Waals surface area contributed by atoms with Crippen LogP contribution in [0.3, 0.4) is 0 Å². The van der Waals surface area contributed by atoms with E-state index in [1.807, 2.05) is 13.2 Å². The second kappa shape index (κ2) is 4.84. The van der Waals surface area contributed by atoms with E-state index in [-0.39, 0.29) is 11.5 Å². The Balaban J connectivity index is 2.38.